The summed E-state index contributed by atoms with van der Waals surface area (Å²) in [5, 5.41) is 9.57. The number of hydrogen-bond donors (Lipinski definition) is 2. The normalized spacial score (nSPS) is 23.9. The molecular formula is C29H37F5N6O3. The van der Waals surface area contributed by atoms with Crippen molar-refractivity contribution in [2.24, 2.45) is 5.92 Å². The molecule has 0 saturated carbocycles. The van der Waals surface area contributed by atoms with E-state index in [4.69, 9.17) is 15.2 Å². The summed E-state index contributed by atoms with van der Waals surface area (Å²) in [6.07, 6.45) is -2.18. The summed E-state index contributed by atoms with van der Waals surface area (Å²) in [4.78, 5) is 17.1. The van der Waals surface area contributed by atoms with Crippen LogP contribution in [0, 0.1) is 12.8 Å². The third-order valence-electron chi connectivity index (χ3n) is 8.61. The molecule has 4 aliphatic rings. The smallest absolute Gasteiger partial charge is 0.418 e. The average Bonchev–Trinajstić information content (AvgIpc) is 3.59. The number of halogens is 5. The second-order valence-electron chi connectivity index (χ2n) is 11.6. The van der Waals surface area contributed by atoms with Gasteiger partial charge in [-0.2, -0.15) is 31.9 Å². The fourth-order valence-electron chi connectivity index (χ4n) is 6.56. The van der Waals surface area contributed by atoms with Crippen LogP contribution in [0.5, 0.6) is 6.01 Å². The zero-order valence-electron chi connectivity index (χ0n) is 24.3. The van der Waals surface area contributed by atoms with Crippen LogP contribution in [0.3, 0.4) is 0 Å². The number of hydrogen-bond acceptors (Lipinski definition) is 9. The minimum atomic E-state index is -4.59. The second kappa shape index (κ2) is 12.9. The number of pyridine rings is 1. The SMILES string of the molecule is COc1nc2c(c(N3CCCC(CO)C3)n1)COC(c1nc(N)cc(C)c1C(F)(F)F)C2.FC(F)=C1CC2CCCN2C1. The molecule has 0 spiro atoms. The number of fused-ring (bicyclic) bond motifs is 2. The molecule has 6 heterocycles. The van der Waals surface area contributed by atoms with E-state index >= 15 is 0 Å². The summed E-state index contributed by atoms with van der Waals surface area (Å²) in [6.45, 7) is 4.39. The number of nitrogens with two attached hydrogens (primary N) is 1. The van der Waals surface area contributed by atoms with E-state index in [0.717, 1.165) is 37.9 Å². The third kappa shape index (κ3) is 6.86. The molecule has 0 bridgehead atoms. The largest absolute Gasteiger partial charge is 0.467 e. The Morgan fingerprint density at radius 3 is 2.58 bits per heavy atom. The maximum absolute atomic E-state index is 13.8. The highest BCUT2D eigenvalue weighted by molar-refractivity contribution is 5.52. The minimum Gasteiger partial charge on any atom is -0.467 e. The number of aromatic nitrogens is 3. The topological polar surface area (TPSA) is 110 Å². The lowest BCUT2D eigenvalue weighted by atomic mass is 9.95. The summed E-state index contributed by atoms with van der Waals surface area (Å²) in [5.74, 6) is 0.770. The van der Waals surface area contributed by atoms with Gasteiger partial charge in [0, 0.05) is 49.8 Å². The Morgan fingerprint density at radius 1 is 1.14 bits per heavy atom. The van der Waals surface area contributed by atoms with Crippen molar-refractivity contribution in [1.82, 2.24) is 19.9 Å². The number of methoxy groups -OCH3 is 1. The van der Waals surface area contributed by atoms with Crippen LogP contribution < -0.4 is 15.4 Å². The van der Waals surface area contributed by atoms with Crippen LogP contribution in [-0.4, -0.2) is 70.9 Å². The fraction of sp³-hybridized carbons (Fsp3) is 0.621. The van der Waals surface area contributed by atoms with Crippen molar-refractivity contribution >= 4 is 11.6 Å². The van der Waals surface area contributed by atoms with Crippen molar-refractivity contribution in [3.05, 3.63) is 45.8 Å². The highest BCUT2D eigenvalue weighted by Crippen LogP contribution is 2.42. The van der Waals surface area contributed by atoms with Gasteiger partial charge < -0.3 is 25.2 Å². The van der Waals surface area contributed by atoms with Gasteiger partial charge in [-0.3, -0.25) is 4.90 Å². The first-order valence-electron chi connectivity index (χ1n) is 14.5. The Balaban J connectivity index is 0.000000279. The molecule has 4 aliphatic heterocycles. The predicted octanol–water partition coefficient (Wildman–Crippen LogP) is 4.82. The molecule has 0 aliphatic carbocycles. The number of aryl methyl sites for hydroxylation is 1. The first kappa shape index (κ1) is 31.3. The first-order chi connectivity index (χ1) is 20.5. The number of nitrogens with zero attached hydrogens (tertiary/aromatic N) is 5. The maximum Gasteiger partial charge on any atom is 0.418 e. The monoisotopic (exact) mass is 612 g/mol. The zero-order valence-corrected chi connectivity index (χ0v) is 24.3. The van der Waals surface area contributed by atoms with Crippen molar-refractivity contribution in [3.8, 4) is 6.01 Å². The number of ether oxygens (including phenoxy) is 2. The number of rotatable bonds is 4. The summed E-state index contributed by atoms with van der Waals surface area (Å²) in [7, 11) is 1.44. The lowest BCUT2D eigenvalue weighted by Crippen LogP contribution is -2.38. The molecule has 14 heteroatoms. The van der Waals surface area contributed by atoms with Crippen LogP contribution >= 0.6 is 0 Å². The Morgan fingerprint density at radius 2 is 1.91 bits per heavy atom. The van der Waals surface area contributed by atoms with Gasteiger partial charge in [-0.1, -0.05) is 0 Å². The Hall–Kier alpha value is -3.10. The Labute approximate surface area is 246 Å². The van der Waals surface area contributed by atoms with E-state index in [2.05, 4.69) is 24.8 Å². The van der Waals surface area contributed by atoms with Crippen LogP contribution in [0.1, 0.15) is 66.3 Å². The van der Waals surface area contributed by atoms with Gasteiger partial charge in [0.05, 0.1) is 30.7 Å². The van der Waals surface area contributed by atoms with Gasteiger partial charge in [-0.25, -0.2) is 4.98 Å². The van der Waals surface area contributed by atoms with Crippen molar-refractivity contribution < 1.29 is 36.5 Å². The van der Waals surface area contributed by atoms with E-state index in [0.29, 0.717) is 42.6 Å². The molecule has 6 rings (SSSR count). The molecule has 0 aromatic carbocycles. The third-order valence-corrected chi connectivity index (χ3v) is 8.61. The molecule has 3 fully saturated rings. The van der Waals surface area contributed by atoms with Crippen LogP contribution in [0.25, 0.3) is 0 Å². The quantitative estimate of drug-likeness (QED) is 0.470. The molecule has 3 saturated heterocycles. The summed E-state index contributed by atoms with van der Waals surface area (Å²) in [5.41, 5.74) is 6.34. The minimum absolute atomic E-state index is 0.00119. The fourth-order valence-corrected chi connectivity index (χ4v) is 6.56. The molecule has 9 nitrogen and oxygen atoms in total. The number of nitrogen functional groups attached to an aromatic ring is 1. The first-order valence-corrected chi connectivity index (χ1v) is 14.5. The summed E-state index contributed by atoms with van der Waals surface area (Å²) in [6, 6.07) is 1.78. The van der Waals surface area contributed by atoms with Gasteiger partial charge in [0.15, 0.2) is 0 Å². The molecule has 3 atom stereocenters. The number of piperidine rings is 1. The van der Waals surface area contributed by atoms with Crippen molar-refractivity contribution in [1.29, 1.82) is 0 Å². The lowest BCUT2D eigenvalue weighted by Gasteiger charge is -2.35. The van der Waals surface area contributed by atoms with Crippen molar-refractivity contribution in [2.75, 3.05) is 50.5 Å². The number of aliphatic hydroxyl groups excluding tert-OH is 1. The molecule has 236 valence electrons. The highest BCUT2D eigenvalue weighted by atomic mass is 19.4. The highest BCUT2D eigenvalue weighted by Gasteiger charge is 2.40. The Kier molecular flexibility index (Phi) is 9.37. The average molecular weight is 613 g/mol. The van der Waals surface area contributed by atoms with Gasteiger partial charge in [-0.15, -0.1) is 0 Å². The molecule has 2 aromatic rings. The van der Waals surface area contributed by atoms with E-state index in [9.17, 15) is 27.1 Å². The summed E-state index contributed by atoms with van der Waals surface area (Å²) < 4.78 is 76.7. The van der Waals surface area contributed by atoms with Crippen LogP contribution in [0.4, 0.5) is 33.6 Å². The zero-order chi connectivity index (χ0) is 30.9. The molecular weight excluding hydrogens is 575 g/mol. The van der Waals surface area contributed by atoms with Gasteiger partial charge in [0.2, 0.25) is 0 Å². The van der Waals surface area contributed by atoms with Gasteiger partial charge >= 0.3 is 12.2 Å². The second-order valence-corrected chi connectivity index (χ2v) is 11.6. The molecule has 43 heavy (non-hydrogen) atoms. The van der Waals surface area contributed by atoms with E-state index in [1.165, 1.54) is 26.5 Å². The Bertz CT molecular complexity index is 1340. The number of anilines is 2. The van der Waals surface area contributed by atoms with Gasteiger partial charge in [-0.05, 0) is 63.1 Å². The number of aliphatic hydroxyl groups is 1. The van der Waals surface area contributed by atoms with Gasteiger partial charge in [0.1, 0.15) is 17.7 Å². The molecule has 0 radical (unpaired) electrons. The van der Waals surface area contributed by atoms with E-state index in [1.54, 1.807) is 0 Å². The summed E-state index contributed by atoms with van der Waals surface area (Å²) >= 11 is 0. The molecule has 3 unspecified atom stereocenters. The predicted molar refractivity (Wildman–Crippen MR) is 149 cm³/mol. The van der Waals surface area contributed by atoms with Crippen molar-refractivity contribution in [2.45, 2.75) is 70.4 Å². The number of alkyl halides is 3. The molecule has 2 aromatic heterocycles. The standard InChI is InChI=1S/C21H26F3N5O3.C8H11F2N/c1-11-6-16(25)27-18(17(11)21(22,23)24)15-7-14-13(10-32-15)19(28-20(26-14)31-2)29-5-3-4-12(8-29)9-30;9-8(10)6-4-7-2-1-3-11(7)5-6/h6,12,15,30H,3-5,7-10H2,1-2H3,(H2,25,27);7H,1-5H2. The van der Waals surface area contributed by atoms with Crippen LogP contribution in [-0.2, 0) is 23.9 Å². The molecule has 3 N–H and O–H groups in total. The van der Waals surface area contributed by atoms with Crippen molar-refractivity contribution in [3.63, 3.8) is 0 Å². The van der Waals surface area contributed by atoms with Gasteiger partial charge in [0.25, 0.3) is 6.08 Å². The van der Waals surface area contributed by atoms with E-state index in [1.807, 2.05) is 0 Å². The molecule has 0 amide bonds. The lowest BCUT2D eigenvalue weighted by molar-refractivity contribution is -0.140. The van der Waals surface area contributed by atoms with E-state index in [-0.39, 0.29) is 48.6 Å². The maximum atomic E-state index is 13.8. The van der Waals surface area contributed by atoms with Crippen LogP contribution in [0.15, 0.2) is 17.7 Å². The van der Waals surface area contributed by atoms with E-state index < -0.39 is 23.9 Å². The van der Waals surface area contributed by atoms with Crippen LogP contribution in [0.2, 0.25) is 0 Å².